The zero-order valence-electron chi connectivity index (χ0n) is 35.8. The molecule has 0 amide bonds. The van der Waals surface area contributed by atoms with Crippen LogP contribution in [0.1, 0.15) is 154 Å². The lowest BCUT2D eigenvalue weighted by molar-refractivity contribution is 0.375. The van der Waals surface area contributed by atoms with Gasteiger partial charge in [-0.1, -0.05) is 195 Å². The van der Waals surface area contributed by atoms with Crippen LogP contribution in [0.4, 0.5) is 0 Å². The molecule has 1 aromatic heterocycles. The molecular weight excluding hydrogens is 657 g/mol. The second kappa shape index (κ2) is 14.7. The van der Waals surface area contributed by atoms with E-state index in [1.165, 1.54) is 59.8 Å². The van der Waals surface area contributed by atoms with Crippen LogP contribution in [0.5, 0.6) is 0 Å². The third-order valence-corrected chi connectivity index (χ3v) is 13.5. The summed E-state index contributed by atoms with van der Waals surface area (Å²) in [7, 11) is 0. The Bertz CT molecular complexity index is 1990. The van der Waals surface area contributed by atoms with E-state index in [-0.39, 0.29) is 32.5 Å². The predicted molar refractivity (Wildman–Crippen MR) is 236 cm³/mol. The zero-order valence-corrected chi connectivity index (χ0v) is 36.7. The Labute approximate surface area is 328 Å². The van der Waals surface area contributed by atoms with Crippen LogP contribution >= 0.6 is 11.3 Å². The molecule has 5 aromatic rings. The summed E-state index contributed by atoms with van der Waals surface area (Å²) in [6.45, 7) is 35.6. The van der Waals surface area contributed by atoms with Crippen molar-refractivity contribution in [3.05, 3.63) is 141 Å². The van der Waals surface area contributed by atoms with Crippen LogP contribution in [-0.4, -0.2) is 0 Å². The first-order valence-corrected chi connectivity index (χ1v) is 20.8. The maximum Gasteiger partial charge on any atom is 0.0108 e. The van der Waals surface area contributed by atoms with Crippen LogP contribution in [0.15, 0.2) is 103 Å². The van der Waals surface area contributed by atoms with Gasteiger partial charge in [-0.2, -0.15) is 0 Å². The van der Waals surface area contributed by atoms with Gasteiger partial charge in [0.25, 0.3) is 0 Å². The summed E-state index contributed by atoms with van der Waals surface area (Å²) >= 11 is 1.99. The van der Waals surface area contributed by atoms with Crippen LogP contribution < -0.4 is 0 Å². The third kappa shape index (κ3) is 9.28. The van der Waals surface area contributed by atoms with Crippen LogP contribution in [-0.2, 0) is 38.9 Å². The normalized spacial score (nSPS) is 13.4. The second-order valence-electron chi connectivity index (χ2n) is 20.8. The van der Waals surface area contributed by atoms with Crippen LogP contribution in [0.25, 0.3) is 22.3 Å². The maximum absolute atomic E-state index is 2.46. The molecule has 0 saturated heterocycles. The quantitative estimate of drug-likeness (QED) is 0.135. The second-order valence-corrected chi connectivity index (χ2v) is 21.9. The molecule has 1 heteroatoms. The fraction of sp³-hybridized carbons (Fsp3) is 0.462. The molecule has 0 aliphatic heterocycles. The molecule has 5 rings (SSSR count). The molecule has 282 valence electrons. The van der Waals surface area contributed by atoms with E-state index < -0.39 is 0 Å². The van der Waals surface area contributed by atoms with Gasteiger partial charge in [0.1, 0.15) is 0 Å². The van der Waals surface area contributed by atoms with Gasteiger partial charge in [0.2, 0.25) is 0 Å². The first kappa shape index (κ1) is 40.8. The summed E-state index contributed by atoms with van der Waals surface area (Å²) in [6.07, 6.45) is 3.21. The molecular formula is C52H68S. The van der Waals surface area contributed by atoms with Gasteiger partial charge in [0.05, 0.1) is 0 Å². The van der Waals surface area contributed by atoms with Gasteiger partial charge in [-0.3, -0.25) is 0 Å². The fourth-order valence-electron chi connectivity index (χ4n) is 8.01. The Morgan fingerprint density at radius 1 is 0.396 bits per heavy atom. The van der Waals surface area contributed by atoms with Crippen molar-refractivity contribution < 1.29 is 0 Å². The highest BCUT2D eigenvalue weighted by Crippen LogP contribution is 2.45. The SMILES string of the molecule is CC(C)(C)c1ccc(-c2ccc(C(C)(C)CCC(C)(C)c3ccccc3-c3cccc(CC(C)(C)c4ccc(C(C)(C)C)s4)c3C(C)(C)C)cc2)cc1. The van der Waals surface area contributed by atoms with Gasteiger partial charge in [-0.25, -0.2) is 0 Å². The summed E-state index contributed by atoms with van der Waals surface area (Å²) in [4.78, 5) is 2.94. The van der Waals surface area contributed by atoms with E-state index in [0.717, 1.165) is 19.3 Å². The van der Waals surface area contributed by atoms with E-state index in [4.69, 9.17) is 0 Å². The van der Waals surface area contributed by atoms with Crippen molar-refractivity contribution in [2.24, 2.45) is 0 Å². The third-order valence-electron chi connectivity index (χ3n) is 11.6. The van der Waals surface area contributed by atoms with Crippen LogP contribution in [0.3, 0.4) is 0 Å². The van der Waals surface area contributed by atoms with Gasteiger partial charge in [0, 0.05) is 15.2 Å². The number of hydrogen-bond donors (Lipinski definition) is 0. The summed E-state index contributed by atoms with van der Waals surface area (Å²) in [5.41, 5.74) is 12.9. The average molecular weight is 725 g/mol. The molecule has 0 radical (unpaired) electrons. The zero-order chi connectivity index (χ0) is 39.2. The highest BCUT2D eigenvalue weighted by atomic mass is 32.1. The Balaban J connectivity index is 1.42. The highest BCUT2D eigenvalue weighted by Gasteiger charge is 2.33. The molecule has 0 unspecified atom stereocenters. The molecule has 0 atom stereocenters. The van der Waals surface area contributed by atoms with Gasteiger partial charge in [0.15, 0.2) is 0 Å². The summed E-state index contributed by atoms with van der Waals surface area (Å²) in [5.74, 6) is 0. The monoisotopic (exact) mass is 725 g/mol. The Morgan fingerprint density at radius 3 is 1.43 bits per heavy atom. The van der Waals surface area contributed by atoms with Crippen molar-refractivity contribution in [1.82, 2.24) is 0 Å². The highest BCUT2D eigenvalue weighted by molar-refractivity contribution is 7.12. The Kier molecular flexibility index (Phi) is 11.3. The molecule has 1 heterocycles. The lowest BCUT2D eigenvalue weighted by Gasteiger charge is -2.35. The molecule has 0 bridgehead atoms. The minimum absolute atomic E-state index is 0.00589. The number of thiophene rings is 1. The van der Waals surface area contributed by atoms with Gasteiger partial charge < -0.3 is 0 Å². The first-order chi connectivity index (χ1) is 24.4. The lowest BCUT2D eigenvalue weighted by Crippen LogP contribution is -2.26. The van der Waals surface area contributed by atoms with Crippen molar-refractivity contribution in [2.45, 2.75) is 156 Å². The van der Waals surface area contributed by atoms with E-state index in [1.54, 1.807) is 0 Å². The Hall–Kier alpha value is -3.42. The standard InChI is InChI=1S/C52H68S/c1-47(2,3)39-27-23-36(24-28-39)37-25-29-40(30-26-37)50(10,11)33-34-51(12,13)43-22-17-16-20-41(43)42-21-18-19-38(46(42)49(7,8)9)35-52(14,15)45-32-31-44(53-45)48(4,5)6/h16-32H,33-35H2,1-15H3. The molecule has 0 saturated carbocycles. The smallest absolute Gasteiger partial charge is 0.0108 e. The van der Waals surface area contributed by atoms with Gasteiger partial charge in [-0.15, -0.1) is 11.3 Å². The van der Waals surface area contributed by atoms with Gasteiger partial charge in [-0.05, 0) is 109 Å². The molecule has 4 aromatic carbocycles. The maximum atomic E-state index is 2.46. The number of hydrogen-bond acceptors (Lipinski definition) is 1. The predicted octanol–water partition coefficient (Wildman–Crippen LogP) is 15.5. The Morgan fingerprint density at radius 2 is 0.906 bits per heavy atom. The summed E-state index contributed by atoms with van der Waals surface area (Å²) in [6, 6.07) is 39.5. The fourth-order valence-corrected chi connectivity index (χ4v) is 9.18. The van der Waals surface area contributed by atoms with Crippen molar-refractivity contribution in [1.29, 1.82) is 0 Å². The van der Waals surface area contributed by atoms with Crippen LogP contribution in [0.2, 0.25) is 0 Å². The minimum Gasteiger partial charge on any atom is -0.144 e. The molecule has 0 N–H and O–H groups in total. The molecule has 0 spiro atoms. The minimum atomic E-state index is -0.00659. The molecule has 0 fully saturated rings. The van der Waals surface area contributed by atoms with Crippen molar-refractivity contribution in [3.63, 3.8) is 0 Å². The summed E-state index contributed by atoms with van der Waals surface area (Å²) in [5, 5.41) is 0. The van der Waals surface area contributed by atoms with E-state index in [1.807, 2.05) is 11.3 Å². The van der Waals surface area contributed by atoms with E-state index in [9.17, 15) is 0 Å². The van der Waals surface area contributed by atoms with Crippen LogP contribution in [0, 0.1) is 0 Å². The largest absolute Gasteiger partial charge is 0.144 e. The van der Waals surface area contributed by atoms with Crippen molar-refractivity contribution >= 4 is 11.3 Å². The van der Waals surface area contributed by atoms with Gasteiger partial charge >= 0.3 is 0 Å². The van der Waals surface area contributed by atoms with E-state index in [2.05, 4.69) is 207 Å². The summed E-state index contributed by atoms with van der Waals surface area (Å²) < 4.78 is 0. The first-order valence-electron chi connectivity index (χ1n) is 19.9. The number of benzene rings is 4. The number of rotatable bonds is 10. The average Bonchev–Trinajstić information content (AvgIpc) is 3.60. The van der Waals surface area contributed by atoms with Crippen molar-refractivity contribution in [3.8, 4) is 22.3 Å². The molecule has 0 aliphatic carbocycles. The molecule has 53 heavy (non-hydrogen) atoms. The topological polar surface area (TPSA) is 0 Å². The molecule has 0 nitrogen and oxygen atoms in total. The van der Waals surface area contributed by atoms with E-state index in [0.29, 0.717) is 0 Å². The molecule has 0 aliphatic rings. The lowest BCUT2D eigenvalue weighted by atomic mass is 9.69. The van der Waals surface area contributed by atoms with E-state index >= 15 is 0 Å². The van der Waals surface area contributed by atoms with Crippen molar-refractivity contribution in [2.75, 3.05) is 0 Å².